The fourth-order valence-corrected chi connectivity index (χ4v) is 5.03. The van der Waals surface area contributed by atoms with E-state index in [4.69, 9.17) is 4.42 Å². The number of benzene rings is 1. The molecular weight excluding hydrogens is 400 g/mol. The van der Waals surface area contributed by atoms with Gasteiger partial charge in [0.1, 0.15) is 4.21 Å². The highest BCUT2D eigenvalue weighted by Gasteiger charge is 2.19. The second-order valence-corrected chi connectivity index (χ2v) is 8.80. The largest absolute Gasteiger partial charge is 0.440 e. The van der Waals surface area contributed by atoms with Gasteiger partial charge in [0.25, 0.3) is 10.0 Å². The van der Waals surface area contributed by atoms with E-state index in [-0.39, 0.29) is 4.21 Å². The van der Waals surface area contributed by atoms with Crippen molar-refractivity contribution in [2.45, 2.75) is 18.1 Å². The maximum absolute atomic E-state index is 12.5. The van der Waals surface area contributed by atoms with Gasteiger partial charge in [0.15, 0.2) is 11.7 Å². The molecule has 0 aliphatic carbocycles. The van der Waals surface area contributed by atoms with Crippen molar-refractivity contribution in [1.29, 1.82) is 0 Å². The highest BCUT2D eigenvalue weighted by Crippen LogP contribution is 2.33. The van der Waals surface area contributed by atoms with Crippen LogP contribution in [0.15, 0.2) is 49.6 Å². The molecule has 0 saturated heterocycles. The van der Waals surface area contributed by atoms with Crippen LogP contribution in [0.1, 0.15) is 11.5 Å². The number of anilines is 1. The van der Waals surface area contributed by atoms with Gasteiger partial charge in [-0.1, -0.05) is 6.07 Å². The van der Waals surface area contributed by atoms with E-state index in [2.05, 4.69) is 25.6 Å². The van der Waals surface area contributed by atoms with Gasteiger partial charge >= 0.3 is 0 Å². The normalized spacial score (nSPS) is 11.6. The number of rotatable bonds is 4. The lowest BCUT2D eigenvalue weighted by atomic mass is 10.2. The second-order valence-electron chi connectivity index (χ2n) is 4.95. The number of aromatic nitrogens is 1. The lowest BCUT2D eigenvalue weighted by molar-refractivity contribution is 0.535. The number of sulfonamides is 1. The summed E-state index contributed by atoms with van der Waals surface area (Å²) >= 11 is 4.51. The Bertz CT molecular complexity index is 961. The molecule has 0 unspecified atom stereocenters. The average Bonchev–Trinajstić information content (AvgIpc) is 3.10. The van der Waals surface area contributed by atoms with E-state index >= 15 is 0 Å². The number of hydrogen-bond acceptors (Lipinski definition) is 5. The summed E-state index contributed by atoms with van der Waals surface area (Å²) in [7, 11) is -3.65. The lowest BCUT2D eigenvalue weighted by Gasteiger charge is -2.08. The van der Waals surface area contributed by atoms with Gasteiger partial charge in [-0.3, -0.25) is 4.72 Å². The zero-order chi connectivity index (χ0) is 16.6. The molecular formula is C15H13BrN2O3S2. The highest BCUT2D eigenvalue weighted by atomic mass is 79.9. The molecule has 3 rings (SSSR count). The van der Waals surface area contributed by atoms with E-state index in [1.54, 1.807) is 31.3 Å². The van der Waals surface area contributed by atoms with Gasteiger partial charge in [0.05, 0.1) is 16.8 Å². The molecule has 23 heavy (non-hydrogen) atoms. The minimum Gasteiger partial charge on any atom is -0.440 e. The van der Waals surface area contributed by atoms with Crippen molar-refractivity contribution in [3.63, 3.8) is 0 Å². The summed E-state index contributed by atoms with van der Waals surface area (Å²) in [5.41, 5.74) is 1.54. The summed E-state index contributed by atoms with van der Waals surface area (Å²) in [5.74, 6) is 1.10. The van der Waals surface area contributed by atoms with Gasteiger partial charge in [-0.25, -0.2) is 13.4 Å². The summed E-state index contributed by atoms with van der Waals surface area (Å²) in [6.07, 6.45) is 1.58. The molecule has 0 aliphatic heterocycles. The number of aryl methyl sites for hydroxylation is 2. The van der Waals surface area contributed by atoms with E-state index in [1.807, 2.05) is 19.1 Å². The monoisotopic (exact) mass is 412 g/mol. The number of oxazole rings is 1. The summed E-state index contributed by atoms with van der Waals surface area (Å²) < 4.78 is 34.0. The standard InChI is InChI=1S/C15H13BrN2O3S2/c1-9-3-4-12(11(16)7-9)18-23(19,20)15-6-5-14(22-15)13-8-17-10(2)21-13/h3-8,18H,1-2H3. The van der Waals surface area contributed by atoms with Gasteiger partial charge in [0.2, 0.25) is 0 Å². The lowest BCUT2D eigenvalue weighted by Crippen LogP contribution is -2.11. The predicted octanol–water partition coefficient (Wildman–Crippen LogP) is 4.58. The Kier molecular flexibility index (Phi) is 4.31. The zero-order valence-electron chi connectivity index (χ0n) is 12.3. The van der Waals surface area contributed by atoms with E-state index in [9.17, 15) is 8.42 Å². The first-order valence-electron chi connectivity index (χ1n) is 6.67. The molecule has 1 N–H and O–H groups in total. The number of thiophene rings is 1. The minimum absolute atomic E-state index is 0.217. The van der Waals surface area contributed by atoms with Gasteiger partial charge < -0.3 is 4.42 Å². The summed E-state index contributed by atoms with van der Waals surface area (Å²) in [6.45, 7) is 3.68. The molecule has 1 aromatic carbocycles. The van der Waals surface area contributed by atoms with Gasteiger partial charge in [-0.05, 0) is 52.7 Å². The number of nitrogens with one attached hydrogen (secondary N) is 1. The second kappa shape index (κ2) is 6.10. The molecule has 3 aromatic rings. The minimum atomic E-state index is -3.65. The quantitative estimate of drug-likeness (QED) is 0.680. The number of nitrogens with zero attached hydrogens (tertiary/aromatic N) is 1. The van der Waals surface area contributed by atoms with Gasteiger partial charge in [0, 0.05) is 11.4 Å². The van der Waals surface area contributed by atoms with Crippen LogP contribution in [0.5, 0.6) is 0 Å². The Labute approximate surface area is 146 Å². The molecule has 0 saturated carbocycles. The van der Waals surface area contributed by atoms with Crippen molar-refractivity contribution in [3.8, 4) is 10.6 Å². The van der Waals surface area contributed by atoms with Crippen LogP contribution in [-0.4, -0.2) is 13.4 Å². The molecule has 0 bridgehead atoms. The maximum Gasteiger partial charge on any atom is 0.271 e. The third-order valence-electron chi connectivity index (χ3n) is 3.08. The smallest absolute Gasteiger partial charge is 0.271 e. The number of halogens is 1. The molecule has 2 heterocycles. The first-order valence-corrected chi connectivity index (χ1v) is 9.76. The molecule has 0 aliphatic rings. The molecule has 0 amide bonds. The zero-order valence-corrected chi connectivity index (χ0v) is 15.5. The molecule has 0 atom stereocenters. The van der Waals surface area contributed by atoms with Crippen LogP contribution in [-0.2, 0) is 10.0 Å². The Morgan fingerprint density at radius 3 is 2.65 bits per heavy atom. The van der Waals surface area contributed by atoms with Gasteiger partial charge in [-0.2, -0.15) is 0 Å². The fourth-order valence-electron chi connectivity index (χ4n) is 1.97. The first kappa shape index (κ1) is 16.2. The molecule has 8 heteroatoms. The van der Waals surface area contributed by atoms with Crippen molar-refractivity contribution in [3.05, 3.63) is 52.5 Å². The predicted molar refractivity (Wildman–Crippen MR) is 94.2 cm³/mol. The summed E-state index contributed by atoms with van der Waals surface area (Å²) in [6, 6.07) is 8.70. The third kappa shape index (κ3) is 3.49. The average molecular weight is 413 g/mol. The van der Waals surface area contributed by atoms with Gasteiger partial charge in [-0.15, -0.1) is 11.3 Å². The highest BCUT2D eigenvalue weighted by molar-refractivity contribution is 9.10. The third-order valence-corrected chi connectivity index (χ3v) is 6.69. The van der Waals surface area contributed by atoms with E-state index in [0.29, 0.717) is 26.7 Å². The fraction of sp³-hybridized carbons (Fsp3) is 0.133. The van der Waals surface area contributed by atoms with Crippen molar-refractivity contribution in [1.82, 2.24) is 4.98 Å². The maximum atomic E-state index is 12.5. The topological polar surface area (TPSA) is 72.2 Å². The van der Waals surface area contributed by atoms with E-state index < -0.39 is 10.0 Å². The van der Waals surface area contributed by atoms with Crippen LogP contribution < -0.4 is 4.72 Å². The Morgan fingerprint density at radius 1 is 1.22 bits per heavy atom. The summed E-state index contributed by atoms with van der Waals surface area (Å²) in [5, 5.41) is 0. The van der Waals surface area contributed by atoms with Crippen LogP contribution >= 0.6 is 27.3 Å². The van der Waals surface area contributed by atoms with Crippen LogP contribution in [0.3, 0.4) is 0 Å². The molecule has 0 spiro atoms. The van der Waals surface area contributed by atoms with Crippen LogP contribution in [0.25, 0.3) is 10.6 Å². The molecule has 120 valence electrons. The Morgan fingerprint density at radius 2 is 2.00 bits per heavy atom. The molecule has 0 fully saturated rings. The van der Waals surface area contributed by atoms with Crippen molar-refractivity contribution >= 4 is 43.0 Å². The first-order chi connectivity index (χ1) is 10.8. The van der Waals surface area contributed by atoms with Crippen molar-refractivity contribution in [2.24, 2.45) is 0 Å². The summed E-state index contributed by atoms with van der Waals surface area (Å²) in [4.78, 5) is 4.74. The Hall–Kier alpha value is -1.64. The van der Waals surface area contributed by atoms with Crippen molar-refractivity contribution < 1.29 is 12.8 Å². The Balaban J connectivity index is 1.89. The van der Waals surface area contributed by atoms with Crippen LogP contribution in [0.2, 0.25) is 0 Å². The van der Waals surface area contributed by atoms with E-state index in [1.165, 1.54) is 0 Å². The van der Waals surface area contributed by atoms with Crippen LogP contribution in [0.4, 0.5) is 5.69 Å². The molecule has 2 aromatic heterocycles. The molecule has 0 radical (unpaired) electrons. The van der Waals surface area contributed by atoms with Crippen molar-refractivity contribution in [2.75, 3.05) is 4.72 Å². The SMILES string of the molecule is Cc1ccc(NS(=O)(=O)c2ccc(-c3cnc(C)o3)s2)c(Br)c1. The molecule has 5 nitrogen and oxygen atoms in total. The number of hydrogen-bond donors (Lipinski definition) is 1. The van der Waals surface area contributed by atoms with Crippen LogP contribution in [0, 0.1) is 13.8 Å². The van der Waals surface area contributed by atoms with E-state index in [0.717, 1.165) is 16.9 Å².